The Morgan fingerprint density at radius 2 is 1.81 bits per heavy atom. The molecule has 0 radical (unpaired) electrons. The quantitative estimate of drug-likeness (QED) is 0.683. The molecule has 1 rings (SSSR count). The van der Waals surface area contributed by atoms with Crippen molar-refractivity contribution in [3.8, 4) is 0 Å². The number of aliphatic carboxylic acids is 1. The highest BCUT2D eigenvalue weighted by Gasteiger charge is 2.29. The van der Waals surface area contributed by atoms with Crippen LogP contribution in [0.4, 0.5) is 4.39 Å². The summed E-state index contributed by atoms with van der Waals surface area (Å²) in [4.78, 5) is 21.5. The largest absolute Gasteiger partial charge is 0.480 e. The number of nitrogens with two attached hydrogens (primary N) is 1. The molecule has 0 aliphatic heterocycles. The predicted molar refractivity (Wildman–Crippen MR) is 71.4 cm³/mol. The van der Waals surface area contributed by atoms with Gasteiger partial charge in [-0.25, -0.2) is 12.8 Å². The van der Waals surface area contributed by atoms with Gasteiger partial charge in [-0.05, 0) is 37.1 Å². The minimum Gasteiger partial charge on any atom is -0.480 e. The maximum Gasteiger partial charge on any atom is 0.322 e. The Hall–Kier alpha value is -2.00. The molecule has 0 aromatic heterocycles. The van der Waals surface area contributed by atoms with Crippen molar-refractivity contribution in [2.24, 2.45) is 5.73 Å². The van der Waals surface area contributed by atoms with Crippen molar-refractivity contribution in [1.29, 1.82) is 0 Å². The fraction of sp³-hybridized carbons (Fsp3) is 0.333. The standard InChI is InChI=1S/C12H15FN2O5S/c1-6-3-8(13)4-7(2)11(6)21(19,20)15-9(12(17)18)5-10(14)16/h3-4,9,15H,5H2,1-2H3,(H2,14,16)(H,17,18)/t9-/m1/s1. The molecule has 7 nitrogen and oxygen atoms in total. The Bertz CT molecular complexity index is 664. The number of rotatable bonds is 6. The van der Waals surface area contributed by atoms with Gasteiger partial charge in [-0.15, -0.1) is 0 Å². The first kappa shape index (κ1) is 17.1. The molecule has 0 unspecified atom stereocenters. The average molecular weight is 318 g/mol. The lowest BCUT2D eigenvalue weighted by atomic mass is 10.1. The molecule has 0 aliphatic carbocycles. The molecular weight excluding hydrogens is 303 g/mol. The lowest BCUT2D eigenvalue weighted by Gasteiger charge is -2.16. The highest BCUT2D eigenvalue weighted by molar-refractivity contribution is 7.89. The molecule has 21 heavy (non-hydrogen) atoms. The van der Waals surface area contributed by atoms with Crippen LogP contribution in [0.1, 0.15) is 17.5 Å². The molecule has 0 saturated carbocycles. The summed E-state index contributed by atoms with van der Waals surface area (Å²) < 4.78 is 39.5. The Labute approximate surface area is 121 Å². The second-order valence-electron chi connectivity index (χ2n) is 4.55. The number of nitrogens with one attached hydrogen (secondary N) is 1. The van der Waals surface area contributed by atoms with E-state index in [2.05, 4.69) is 0 Å². The maximum absolute atomic E-state index is 13.2. The number of benzene rings is 1. The molecule has 0 aliphatic rings. The van der Waals surface area contributed by atoms with E-state index in [0.29, 0.717) is 0 Å². The van der Waals surface area contributed by atoms with Crippen molar-refractivity contribution in [1.82, 2.24) is 4.72 Å². The normalized spacial score (nSPS) is 12.9. The second kappa shape index (κ2) is 6.19. The third-order valence-corrected chi connectivity index (χ3v) is 4.47. The van der Waals surface area contributed by atoms with Gasteiger partial charge in [-0.3, -0.25) is 9.59 Å². The molecule has 0 fully saturated rings. The van der Waals surface area contributed by atoms with Gasteiger partial charge in [0.05, 0.1) is 11.3 Å². The van der Waals surface area contributed by atoms with Gasteiger partial charge in [0.15, 0.2) is 0 Å². The van der Waals surface area contributed by atoms with Crippen molar-refractivity contribution < 1.29 is 27.5 Å². The van der Waals surface area contributed by atoms with E-state index >= 15 is 0 Å². The van der Waals surface area contributed by atoms with Crippen LogP contribution in [0, 0.1) is 19.7 Å². The van der Waals surface area contributed by atoms with Gasteiger partial charge < -0.3 is 10.8 Å². The van der Waals surface area contributed by atoms with Crippen LogP contribution in [0.5, 0.6) is 0 Å². The topological polar surface area (TPSA) is 127 Å². The minimum atomic E-state index is -4.23. The molecule has 4 N–H and O–H groups in total. The lowest BCUT2D eigenvalue weighted by molar-refractivity contribution is -0.140. The molecule has 1 aromatic carbocycles. The second-order valence-corrected chi connectivity index (χ2v) is 6.20. The van der Waals surface area contributed by atoms with Crippen molar-refractivity contribution in [2.75, 3.05) is 0 Å². The molecule has 1 aromatic rings. The van der Waals surface area contributed by atoms with Gasteiger partial charge in [0.25, 0.3) is 0 Å². The van der Waals surface area contributed by atoms with Crippen LogP contribution in [0.15, 0.2) is 17.0 Å². The van der Waals surface area contributed by atoms with E-state index in [1.165, 1.54) is 13.8 Å². The summed E-state index contributed by atoms with van der Waals surface area (Å²) in [7, 11) is -4.23. The summed E-state index contributed by atoms with van der Waals surface area (Å²) in [6.45, 7) is 2.77. The molecule has 1 atom stereocenters. The fourth-order valence-corrected chi connectivity index (χ4v) is 3.59. The Balaban J connectivity index is 3.23. The first-order valence-corrected chi connectivity index (χ1v) is 7.33. The summed E-state index contributed by atoms with van der Waals surface area (Å²) in [6.07, 6.45) is -0.687. The average Bonchev–Trinajstić information content (AvgIpc) is 2.24. The highest BCUT2D eigenvalue weighted by atomic mass is 32.2. The number of amides is 1. The number of carboxylic acid groups (broad SMARTS) is 1. The van der Waals surface area contributed by atoms with E-state index in [0.717, 1.165) is 12.1 Å². The molecule has 0 saturated heterocycles. The fourth-order valence-electron chi connectivity index (χ4n) is 1.95. The number of carbonyl (C=O) groups is 2. The van der Waals surface area contributed by atoms with Gasteiger partial charge in [0.1, 0.15) is 11.9 Å². The summed E-state index contributed by atoms with van der Waals surface area (Å²) in [5.74, 6) is -3.09. The summed E-state index contributed by atoms with van der Waals surface area (Å²) in [6, 6.07) is 0.355. The van der Waals surface area contributed by atoms with E-state index in [4.69, 9.17) is 10.8 Å². The number of hydrogen-bond donors (Lipinski definition) is 3. The van der Waals surface area contributed by atoms with E-state index in [-0.39, 0.29) is 16.0 Å². The van der Waals surface area contributed by atoms with Gasteiger partial charge in [0, 0.05) is 0 Å². The highest BCUT2D eigenvalue weighted by Crippen LogP contribution is 2.21. The number of primary amides is 1. The maximum atomic E-state index is 13.2. The molecular formula is C12H15FN2O5S. The van der Waals surface area contributed by atoms with Crippen LogP contribution in [0.3, 0.4) is 0 Å². The van der Waals surface area contributed by atoms with Gasteiger partial charge in [-0.2, -0.15) is 4.72 Å². The monoisotopic (exact) mass is 318 g/mol. The molecule has 0 bridgehead atoms. The molecule has 1 amide bonds. The van der Waals surface area contributed by atoms with Gasteiger partial charge in [-0.1, -0.05) is 0 Å². The number of hydrogen-bond acceptors (Lipinski definition) is 4. The third kappa shape index (κ3) is 4.23. The number of carboxylic acids is 1. The van der Waals surface area contributed by atoms with Crippen molar-refractivity contribution in [2.45, 2.75) is 31.2 Å². The van der Waals surface area contributed by atoms with Crippen LogP contribution >= 0.6 is 0 Å². The Morgan fingerprint density at radius 1 is 1.33 bits per heavy atom. The third-order valence-electron chi connectivity index (χ3n) is 2.69. The zero-order valence-corrected chi connectivity index (χ0v) is 12.2. The molecule has 0 heterocycles. The summed E-state index contributed by atoms with van der Waals surface area (Å²) >= 11 is 0. The van der Waals surface area contributed by atoms with E-state index in [1.807, 2.05) is 4.72 Å². The summed E-state index contributed by atoms with van der Waals surface area (Å²) in [5, 5.41) is 8.92. The SMILES string of the molecule is Cc1cc(F)cc(C)c1S(=O)(=O)N[C@H](CC(N)=O)C(=O)O. The molecule has 9 heteroatoms. The van der Waals surface area contributed by atoms with Crippen LogP contribution in [-0.4, -0.2) is 31.4 Å². The number of halogens is 1. The Kier molecular flexibility index (Phi) is 5.02. The van der Waals surface area contributed by atoms with Gasteiger partial charge >= 0.3 is 5.97 Å². The first-order valence-electron chi connectivity index (χ1n) is 5.84. The van der Waals surface area contributed by atoms with Crippen LogP contribution in [0.2, 0.25) is 0 Å². The summed E-state index contributed by atoms with van der Waals surface area (Å²) in [5.41, 5.74) is 5.14. The van der Waals surface area contributed by atoms with Crippen LogP contribution < -0.4 is 10.5 Å². The van der Waals surface area contributed by atoms with Crippen LogP contribution in [0.25, 0.3) is 0 Å². The number of carbonyl (C=O) groups excluding carboxylic acids is 1. The smallest absolute Gasteiger partial charge is 0.322 e. The predicted octanol–water partition coefficient (Wildman–Crippen LogP) is 0.0494. The van der Waals surface area contributed by atoms with E-state index in [1.54, 1.807) is 0 Å². The van der Waals surface area contributed by atoms with Gasteiger partial charge in [0.2, 0.25) is 15.9 Å². The first-order chi connectivity index (χ1) is 9.54. The molecule has 116 valence electrons. The van der Waals surface area contributed by atoms with Crippen LogP contribution in [-0.2, 0) is 19.6 Å². The molecule has 0 spiro atoms. The lowest BCUT2D eigenvalue weighted by Crippen LogP contribution is -2.43. The minimum absolute atomic E-state index is 0.128. The van der Waals surface area contributed by atoms with Crippen molar-refractivity contribution >= 4 is 21.9 Å². The zero-order valence-electron chi connectivity index (χ0n) is 11.4. The Morgan fingerprint density at radius 3 is 2.19 bits per heavy atom. The number of aryl methyl sites for hydroxylation is 2. The van der Waals surface area contributed by atoms with Crippen molar-refractivity contribution in [3.63, 3.8) is 0 Å². The number of sulfonamides is 1. The van der Waals surface area contributed by atoms with Crippen molar-refractivity contribution in [3.05, 3.63) is 29.1 Å². The van der Waals surface area contributed by atoms with E-state index < -0.39 is 40.2 Å². The zero-order chi connectivity index (χ0) is 16.4. The van der Waals surface area contributed by atoms with E-state index in [9.17, 15) is 22.4 Å².